The summed E-state index contributed by atoms with van der Waals surface area (Å²) in [6.07, 6.45) is 6.11. The quantitative estimate of drug-likeness (QED) is 0.492. The first kappa shape index (κ1) is 21.4. The van der Waals surface area contributed by atoms with Gasteiger partial charge in [0.2, 0.25) is 5.91 Å². The molecule has 3 N–H and O–H groups in total. The van der Waals surface area contributed by atoms with Crippen LogP contribution in [0.2, 0.25) is 0 Å². The van der Waals surface area contributed by atoms with E-state index in [1.165, 1.54) is 4.68 Å². The molecule has 0 saturated heterocycles. The highest BCUT2D eigenvalue weighted by Crippen LogP contribution is 2.51. The maximum absolute atomic E-state index is 13.5. The van der Waals surface area contributed by atoms with Gasteiger partial charge in [0.1, 0.15) is 11.7 Å². The topological polar surface area (TPSA) is 105 Å². The predicted octanol–water partition coefficient (Wildman–Crippen LogP) is 3.60. The minimum atomic E-state index is -0.564. The number of carbonyl (C=O) groups excluding carboxylic acids is 2. The Bertz CT molecular complexity index is 1140. The van der Waals surface area contributed by atoms with Crippen LogP contribution in [-0.2, 0) is 11.8 Å². The average Bonchev–Trinajstić information content (AvgIpc) is 3.72. The van der Waals surface area contributed by atoms with Crippen LogP contribution in [-0.4, -0.2) is 37.8 Å². The highest BCUT2D eigenvalue weighted by atomic mass is 16.2. The Balaban J connectivity index is 1.35. The number of aromatic amines is 1. The summed E-state index contributed by atoms with van der Waals surface area (Å²) in [6, 6.07) is 8.90. The van der Waals surface area contributed by atoms with E-state index in [9.17, 15) is 9.59 Å². The minimum absolute atomic E-state index is 0.155. The Morgan fingerprint density at radius 1 is 1.06 bits per heavy atom. The van der Waals surface area contributed by atoms with E-state index in [0.717, 1.165) is 48.2 Å². The number of nitrogens with zero attached hydrogens (tertiary/aromatic N) is 3. The molecule has 1 aromatic carbocycles. The van der Waals surface area contributed by atoms with Crippen molar-refractivity contribution in [1.29, 1.82) is 0 Å². The molecule has 0 radical (unpaired) electrons. The number of benzene rings is 1. The van der Waals surface area contributed by atoms with Gasteiger partial charge in [0, 0.05) is 30.2 Å². The number of rotatable bonds is 8. The lowest BCUT2D eigenvalue weighted by molar-refractivity contribution is -0.119. The number of H-pyrrole nitrogens is 1. The molecule has 5 rings (SSSR count). The second kappa shape index (κ2) is 8.50. The van der Waals surface area contributed by atoms with Gasteiger partial charge in [-0.25, -0.2) is 0 Å². The minimum Gasteiger partial charge on any atom is -0.339 e. The first-order valence-electron chi connectivity index (χ1n) is 11.6. The van der Waals surface area contributed by atoms with Gasteiger partial charge in [0.05, 0.1) is 5.69 Å². The number of carbonyl (C=O) groups is 2. The van der Waals surface area contributed by atoms with Crippen molar-refractivity contribution < 1.29 is 9.59 Å². The molecule has 2 saturated carbocycles. The van der Waals surface area contributed by atoms with Crippen LogP contribution in [0.25, 0.3) is 11.1 Å². The number of amides is 2. The second-order valence-electron chi connectivity index (χ2n) is 9.42. The van der Waals surface area contributed by atoms with E-state index in [4.69, 9.17) is 0 Å². The molecular weight excluding hydrogens is 416 g/mol. The molecule has 0 spiro atoms. The summed E-state index contributed by atoms with van der Waals surface area (Å²) in [7, 11) is 1.73. The number of aromatic nitrogens is 4. The zero-order chi connectivity index (χ0) is 23.1. The van der Waals surface area contributed by atoms with Crippen LogP contribution < -0.4 is 10.6 Å². The van der Waals surface area contributed by atoms with Gasteiger partial charge >= 0.3 is 0 Å². The molecule has 2 aliphatic rings. The van der Waals surface area contributed by atoms with Crippen molar-refractivity contribution in [3.8, 4) is 11.1 Å². The zero-order valence-corrected chi connectivity index (χ0v) is 19.3. The fraction of sp³-hybridized carbons (Fsp3) is 0.440. The number of nitrogens with one attached hydrogen (secondary N) is 3. The summed E-state index contributed by atoms with van der Waals surface area (Å²) < 4.78 is 1.53. The number of hydrogen-bond donors (Lipinski definition) is 3. The van der Waals surface area contributed by atoms with Crippen LogP contribution in [0, 0.1) is 31.6 Å². The van der Waals surface area contributed by atoms with Gasteiger partial charge in [0.15, 0.2) is 0 Å². The van der Waals surface area contributed by atoms with E-state index in [1.54, 1.807) is 19.3 Å². The molecule has 0 aliphatic heterocycles. The van der Waals surface area contributed by atoms with Crippen LogP contribution in [0.15, 0.2) is 36.5 Å². The third kappa shape index (κ3) is 4.42. The molecule has 172 valence electrons. The first-order valence-corrected chi connectivity index (χ1v) is 11.6. The Morgan fingerprint density at radius 2 is 1.73 bits per heavy atom. The summed E-state index contributed by atoms with van der Waals surface area (Å²) in [5, 5.41) is 17.5. The van der Waals surface area contributed by atoms with Gasteiger partial charge in [0.25, 0.3) is 5.91 Å². The van der Waals surface area contributed by atoms with Gasteiger partial charge in [-0.05, 0) is 81.0 Å². The standard InChI is InChI=1S/C25H30N6O2/c1-14-21(15(2)30-29-14)16-8-10-19(11-9-16)27-25(33)23(22(17-4-5-17)18-6-7-18)28-24(32)20-12-13-26-31(20)3/h8-13,17-18,22-23H,4-7H2,1-3H3,(H,27,33)(H,28,32)(H,29,30). The maximum Gasteiger partial charge on any atom is 0.270 e. The Morgan fingerprint density at radius 3 is 2.24 bits per heavy atom. The molecule has 8 heteroatoms. The number of anilines is 1. The molecule has 3 aromatic rings. The molecule has 33 heavy (non-hydrogen) atoms. The van der Waals surface area contributed by atoms with Gasteiger partial charge < -0.3 is 10.6 Å². The first-order chi connectivity index (χ1) is 15.9. The molecule has 1 unspecified atom stereocenters. The Kier molecular flexibility index (Phi) is 5.52. The van der Waals surface area contributed by atoms with Gasteiger partial charge in [-0.15, -0.1) is 0 Å². The fourth-order valence-corrected chi connectivity index (χ4v) is 4.96. The predicted molar refractivity (Wildman–Crippen MR) is 126 cm³/mol. The van der Waals surface area contributed by atoms with Crippen molar-refractivity contribution in [2.24, 2.45) is 24.8 Å². The summed E-state index contributed by atoms with van der Waals surface area (Å²) >= 11 is 0. The van der Waals surface area contributed by atoms with Crippen molar-refractivity contribution in [3.05, 3.63) is 53.6 Å². The normalized spacial score (nSPS) is 16.6. The molecule has 2 aliphatic carbocycles. The highest BCUT2D eigenvalue weighted by Gasteiger charge is 2.48. The van der Waals surface area contributed by atoms with Crippen LogP contribution >= 0.6 is 0 Å². The van der Waals surface area contributed by atoms with Crippen molar-refractivity contribution in [1.82, 2.24) is 25.3 Å². The SMILES string of the molecule is Cc1n[nH]c(C)c1-c1ccc(NC(=O)C(NC(=O)c2ccnn2C)C(C2CC2)C2CC2)cc1. The Hall–Kier alpha value is -3.42. The van der Waals surface area contributed by atoms with E-state index in [-0.39, 0.29) is 17.7 Å². The van der Waals surface area contributed by atoms with Crippen LogP contribution in [0.3, 0.4) is 0 Å². The second-order valence-corrected chi connectivity index (χ2v) is 9.42. The summed E-state index contributed by atoms with van der Waals surface area (Å²) in [5.41, 5.74) is 5.25. The van der Waals surface area contributed by atoms with E-state index in [2.05, 4.69) is 25.9 Å². The molecule has 1 atom stereocenters. The number of aryl methyl sites for hydroxylation is 3. The van der Waals surface area contributed by atoms with Crippen molar-refractivity contribution in [3.63, 3.8) is 0 Å². The van der Waals surface area contributed by atoms with E-state index < -0.39 is 6.04 Å². The van der Waals surface area contributed by atoms with Crippen LogP contribution in [0.1, 0.15) is 47.6 Å². The van der Waals surface area contributed by atoms with E-state index >= 15 is 0 Å². The molecule has 2 fully saturated rings. The third-order valence-corrected chi connectivity index (χ3v) is 6.91. The molecular formula is C25H30N6O2. The molecule has 8 nitrogen and oxygen atoms in total. The van der Waals surface area contributed by atoms with E-state index in [1.807, 2.05) is 38.1 Å². The lowest BCUT2D eigenvalue weighted by atomic mass is 9.88. The van der Waals surface area contributed by atoms with Gasteiger partial charge in [-0.1, -0.05) is 12.1 Å². The molecule has 2 amide bonds. The molecule has 2 heterocycles. The lowest BCUT2D eigenvalue weighted by Crippen LogP contribution is -2.50. The van der Waals surface area contributed by atoms with Gasteiger partial charge in [-0.2, -0.15) is 10.2 Å². The van der Waals surface area contributed by atoms with Crippen molar-refractivity contribution in [2.75, 3.05) is 5.32 Å². The van der Waals surface area contributed by atoms with Crippen molar-refractivity contribution in [2.45, 2.75) is 45.6 Å². The summed E-state index contributed by atoms with van der Waals surface area (Å²) in [4.78, 5) is 26.4. The van der Waals surface area contributed by atoms with Crippen LogP contribution in [0.5, 0.6) is 0 Å². The zero-order valence-electron chi connectivity index (χ0n) is 19.3. The number of hydrogen-bond acceptors (Lipinski definition) is 4. The highest BCUT2D eigenvalue weighted by molar-refractivity contribution is 6.00. The monoisotopic (exact) mass is 446 g/mol. The molecule has 2 aromatic heterocycles. The van der Waals surface area contributed by atoms with Gasteiger partial charge in [-0.3, -0.25) is 19.4 Å². The Labute approximate surface area is 193 Å². The summed E-state index contributed by atoms with van der Waals surface area (Å²) in [6.45, 7) is 3.97. The average molecular weight is 447 g/mol. The molecule has 0 bridgehead atoms. The maximum atomic E-state index is 13.5. The van der Waals surface area contributed by atoms with E-state index in [0.29, 0.717) is 23.2 Å². The third-order valence-electron chi connectivity index (χ3n) is 6.91. The largest absolute Gasteiger partial charge is 0.339 e. The summed E-state index contributed by atoms with van der Waals surface area (Å²) in [5.74, 6) is 0.780. The van der Waals surface area contributed by atoms with Crippen molar-refractivity contribution >= 4 is 17.5 Å². The smallest absolute Gasteiger partial charge is 0.270 e. The van der Waals surface area contributed by atoms with Crippen LogP contribution in [0.4, 0.5) is 5.69 Å². The lowest BCUT2D eigenvalue weighted by Gasteiger charge is -2.27. The fourth-order valence-electron chi connectivity index (χ4n) is 4.96.